The lowest BCUT2D eigenvalue weighted by atomic mass is 10.1. The van der Waals surface area contributed by atoms with Gasteiger partial charge in [0, 0.05) is 11.3 Å². The number of amides is 1. The molecule has 3 rings (SSSR count). The molecule has 0 radical (unpaired) electrons. The second kappa shape index (κ2) is 8.27. The first-order chi connectivity index (χ1) is 13.0. The lowest BCUT2D eigenvalue weighted by molar-refractivity contribution is -0.115. The van der Waals surface area contributed by atoms with Crippen molar-refractivity contribution in [1.29, 1.82) is 0 Å². The molecule has 0 saturated heterocycles. The van der Waals surface area contributed by atoms with Crippen molar-refractivity contribution in [1.82, 2.24) is 4.98 Å². The van der Waals surface area contributed by atoms with Gasteiger partial charge in [0.25, 0.3) is 0 Å². The van der Waals surface area contributed by atoms with Crippen LogP contribution in [0.25, 0.3) is 0 Å². The minimum absolute atomic E-state index is 0.0328. The van der Waals surface area contributed by atoms with Crippen LogP contribution in [0, 0.1) is 6.92 Å². The van der Waals surface area contributed by atoms with Crippen LogP contribution in [0.4, 0.5) is 17.2 Å². The van der Waals surface area contributed by atoms with Crippen LogP contribution < -0.4 is 10.6 Å². The summed E-state index contributed by atoms with van der Waals surface area (Å²) in [5.74, 6) is 0.611. The van der Waals surface area contributed by atoms with Crippen LogP contribution in [0.3, 0.4) is 0 Å². The van der Waals surface area contributed by atoms with E-state index in [1.807, 2.05) is 43.3 Å². The Kier molecular flexibility index (Phi) is 5.61. The molecular weight excluding hydrogens is 338 g/mol. The summed E-state index contributed by atoms with van der Waals surface area (Å²) in [6.07, 6.45) is 1.94. The Morgan fingerprint density at radius 3 is 2.26 bits per heavy atom. The number of hydrogen-bond donors (Lipinski definition) is 2. The van der Waals surface area contributed by atoms with E-state index < -0.39 is 0 Å². The Morgan fingerprint density at radius 1 is 0.926 bits per heavy atom. The first-order valence-electron chi connectivity index (χ1n) is 8.70. The number of pyridine rings is 1. The predicted octanol–water partition coefficient (Wildman–Crippen LogP) is 4.52. The quantitative estimate of drug-likeness (QED) is 0.635. The number of nitrogens with one attached hydrogen (secondary N) is 2. The van der Waals surface area contributed by atoms with E-state index in [9.17, 15) is 9.59 Å². The molecule has 0 bridgehead atoms. The third-order valence-corrected chi connectivity index (χ3v) is 4.22. The zero-order chi connectivity index (χ0) is 19.2. The summed E-state index contributed by atoms with van der Waals surface area (Å²) >= 11 is 0. The molecule has 5 heteroatoms. The van der Waals surface area contributed by atoms with E-state index in [1.54, 1.807) is 30.5 Å². The maximum Gasteiger partial charge on any atom is 0.228 e. The van der Waals surface area contributed by atoms with Gasteiger partial charge in [-0.05, 0) is 61.4 Å². The third-order valence-electron chi connectivity index (χ3n) is 4.22. The predicted molar refractivity (Wildman–Crippen MR) is 107 cm³/mol. The molecule has 0 saturated carbocycles. The number of Topliss-reactive ketones (excluding diaryl/α,β-unsaturated/α-hetero) is 1. The second-order valence-corrected chi connectivity index (χ2v) is 6.34. The molecule has 2 aromatic carbocycles. The molecule has 0 atom stereocenters. The topological polar surface area (TPSA) is 71.1 Å². The van der Waals surface area contributed by atoms with Crippen LogP contribution >= 0.6 is 0 Å². The molecule has 0 spiro atoms. The Morgan fingerprint density at radius 2 is 1.63 bits per heavy atom. The van der Waals surface area contributed by atoms with Gasteiger partial charge in [-0.15, -0.1) is 0 Å². The Hall–Kier alpha value is -3.47. The van der Waals surface area contributed by atoms with Crippen LogP contribution in [0.5, 0.6) is 0 Å². The van der Waals surface area contributed by atoms with Crippen LogP contribution in [-0.2, 0) is 11.2 Å². The van der Waals surface area contributed by atoms with Crippen LogP contribution in [0.2, 0.25) is 0 Å². The number of rotatable bonds is 6. The van der Waals surface area contributed by atoms with Gasteiger partial charge in [-0.1, -0.05) is 24.3 Å². The van der Waals surface area contributed by atoms with Gasteiger partial charge in [-0.25, -0.2) is 4.98 Å². The highest BCUT2D eigenvalue weighted by Crippen LogP contribution is 2.17. The Bertz CT molecular complexity index is 948. The minimum Gasteiger partial charge on any atom is -0.340 e. The van der Waals surface area contributed by atoms with Crippen molar-refractivity contribution in [2.45, 2.75) is 20.3 Å². The van der Waals surface area contributed by atoms with E-state index in [-0.39, 0.29) is 11.7 Å². The van der Waals surface area contributed by atoms with Crippen LogP contribution in [0.15, 0.2) is 66.9 Å². The molecule has 0 aliphatic rings. The van der Waals surface area contributed by atoms with Gasteiger partial charge in [-0.2, -0.15) is 0 Å². The van der Waals surface area contributed by atoms with E-state index in [2.05, 4.69) is 15.6 Å². The fraction of sp³-hybridized carbons (Fsp3) is 0.136. The van der Waals surface area contributed by atoms with E-state index in [0.29, 0.717) is 23.5 Å². The monoisotopic (exact) mass is 359 g/mol. The van der Waals surface area contributed by atoms with Gasteiger partial charge in [0.05, 0.1) is 18.3 Å². The molecule has 0 aliphatic heterocycles. The smallest absolute Gasteiger partial charge is 0.228 e. The number of aromatic nitrogens is 1. The summed E-state index contributed by atoms with van der Waals surface area (Å²) in [6.45, 7) is 3.53. The molecule has 0 fully saturated rings. The largest absolute Gasteiger partial charge is 0.340 e. The number of aryl methyl sites for hydroxylation is 1. The summed E-state index contributed by atoms with van der Waals surface area (Å²) in [4.78, 5) is 27.8. The van der Waals surface area contributed by atoms with Crippen molar-refractivity contribution >= 4 is 28.9 Å². The number of nitrogens with zero attached hydrogens (tertiary/aromatic N) is 1. The molecule has 27 heavy (non-hydrogen) atoms. The number of anilines is 3. The highest BCUT2D eigenvalue weighted by atomic mass is 16.1. The molecule has 1 amide bonds. The number of carbonyl (C=O) groups excluding carboxylic acids is 2. The van der Waals surface area contributed by atoms with Crippen LogP contribution in [0.1, 0.15) is 28.4 Å². The molecular formula is C22H21N3O2. The van der Waals surface area contributed by atoms with Crippen molar-refractivity contribution < 1.29 is 9.59 Å². The number of ketones is 1. The van der Waals surface area contributed by atoms with Crippen molar-refractivity contribution in [2.24, 2.45) is 0 Å². The molecule has 1 aromatic heterocycles. The third kappa shape index (κ3) is 5.01. The molecule has 0 aliphatic carbocycles. The van der Waals surface area contributed by atoms with Gasteiger partial charge in [-0.3, -0.25) is 9.59 Å². The van der Waals surface area contributed by atoms with Crippen molar-refractivity contribution in [3.05, 3.63) is 83.6 Å². The molecule has 136 valence electrons. The Labute approximate surface area is 158 Å². The van der Waals surface area contributed by atoms with Crippen LogP contribution in [-0.4, -0.2) is 16.7 Å². The summed E-state index contributed by atoms with van der Waals surface area (Å²) in [5, 5.41) is 6.02. The lowest BCUT2D eigenvalue weighted by Gasteiger charge is -2.09. The summed E-state index contributed by atoms with van der Waals surface area (Å²) in [5.41, 5.74) is 4.26. The van der Waals surface area contributed by atoms with Crippen molar-refractivity contribution in [3.63, 3.8) is 0 Å². The molecule has 0 unspecified atom stereocenters. The fourth-order valence-corrected chi connectivity index (χ4v) is 2.66. The summed E-state index contributed by atoms with van der Waals surface area (Å²) in [7, 11) is 0. The van der Waals surface area contributed by atoms with Crippen molar-refractivity contribution in [3.8, 4) is 0 Å². The number of carbonyl (C=O) groups is 2. The van der Waals surface area contributed by atoms with Gasteiger partial charge in [0.2, 0.25) is 5.91 Å². The minimum atomic E-state index is -0.0772. The zero-order valence-electron chi connectivity index (χ0n) is 15.3. The molecule has 1 heterocycles. The van der Waals surface area contributed by atoms with Gasteiger partial charge in [0.15, 0.2) is 5.78 Å². The summed E-state index contributed by atoms with van der Waals surface area (Å²) in [6, 6.07) is 18.6. The molecule has 2 N–H and O–H groups in total. The second-order valence-electron chi connectivity index (χ2n) is 6.34. The van der Waals surface area contributed by atoms with E-state index in [4.69, 9.17) is 0 Å². The van der Waals surface area contributed by atoms with Gasteiger partial charge in [0.1, 0.15) is 5.82 Å². The SMILES string of the molecule is CC(=O)c1ccc(Nc2ccc(NC(=O)Cc3ccccc3C)cn2)cc1. The maximum absolute atomic E-state index is 12.2. The zero-order valence-corrected chi connectivity index (χ0v) is 15.3. The average molecular weight is 359 g/mol. The standard InChI is InChI=1S/C22H21N3O2/c1-15-5-3-4-6-18(15)13-22(27)25-20-11-12-21(23-14-20)24-19-9-7-17(8-10-19)16(2)26/h3-12,14H,13H2,1-2H3,(H,23,24)(H,25,27). The number of hydrogen-bond acceptors (Lipinski definition) is 4. The fourth-order valence-electron chi connectivity index (χ4n) is 2.66. The molecule has 5 nitrogen and oxygen atoms in total. The summed E-state index contributed by atoms with van der Waals surface area (Å²) < 4.78 is 0. The normalized spacial score (nSPS) is 10.3. The van der Waals surface area contributed by atoms with Gasteiger partial charge < -0.3 is 10.6 Å². The van der Waals surface area contributed by atoms with E-state index in [0.717, 1.165) is 16.8 Å². The van der Waals surface area contributed by atoms with E-state index in [1.165, 1.54) is 6.92 Å². The average Bonchev–Trinajstić information content (AvgIpc) is 2.66. The van der Waals surface area contributed by atoms with Gasteiger partial charge >= 0.3 is 0 Å². The Balaban J connectivity index is 1.59. The highest BCUT2D eigenvalue weighted by molar-refractivity contribution is 5.94. The van der Waals surface area contributed by atoms with Crippen molar-refractivity contribution in [2.75, 3.05) is 10.6 Å². The maximum atomic E-state index is 12.2. The number of benzene rings is 2. The molecule has 3 aromatic rings. The lowest BCUT2D eigenvalue weighted by Crippen LogP contribution is -2.15. The first-order valence-corrected chi connectivity index (χ1v) is 8.70. The first kappa shape index (κ1) is 18.3. The van der Waals surface area contributed by atoms with E-state index >= 15 is 0 Å². The highest BCUT2D eigenvalue weighted by Gasteiger charge is 2.07.